The second-order valence-corrected chi connectivity index (χ2v) is 4.70. The predicted molar refractivity (Wildman–Crippen MR) is 67.2 cm³/mol. The lowest BCUT2D eigenvalue weighted by atomic mass is 10.3. The van der Waals surface area contributed by atoms with E-state index in [0.29, 0.717) is 12.2 Å². The number of carbonyl (C=O) groups excluding carboxylic acids is 1. The van der Waals surface area contributed by atoms with E-state index in [1.165, 1.54) is 6.07 Å². The minimum absolute atomic E-state index is 0.184. The van der Waals surface area contributed by atoms with Gasteiger partial charge in [0.1, 0.15) is 5.69 Å². The summed E-state index contributed by atoms with van der Waals surface area (Å²) >= 11 is 1.60. The van der Waals surface area contributed by atoms with Crippen molar-refractivity contribution in [2.24, 2.45) is 0 Å². The molecule has 2 rings (SSSR count). The Labute approximate surface area is 103 Å². The van der Waals surface area contributed by atoms with Crippen LogP contribution in [0.1, 0.15) is 15.4 Å². The van der Waals surface area contributed by atoms with E-state index in [9.17, 15) is 9.59 Å². The molecule has 0 spiro atoms. The van der Waals surface area contributed by atoms with Crippen molar-refractivity contribution in [2.45, 2.75) is 6.54 Å². The van der Waals surface area contributed by atoms with E-state index < -0.39 is 0 Å². The third-order valence-electron chi connectivity index (χ3n) is 2.32. The molecule has 0 radical (unpaired) electrons. The summed E-state index contributed by atoms with van der Waals surface area (Å²) < 4.78 is 0. The van der Waals surface area contributed by atoms with Gasteiger partial charge in [0, 0.05) is 18.0 Å². The molecule has 0 aromatic carbocycles. The standard InChI is InChI=1S/C12H12N2O2S/c1-14(8-9-4-3-7-17-9)12(16)10-5-2-6-11(15)13-10/h2-7H,8H2,1H3,(H,13,15). The largest absolute Gasteiger partial charge is 0.335 e. The summed E-state index contributed by atoms with van der Waals surface area (Å²) in [6.45, 7) is 0.549. The maximum absolute atomic E-state index is 12.0. The van der Waals surface area contributed by atoms with E-state index in [0.717, 1.165) is 4.88 Å². The van der Waals surface area contributed by atoms with E-state index >= 15 is 0 Å². The van der Waals surface area contributed by atoms with Gasteiger partial charge in [0.2, 0.25) is 5.56 Å². The molecule has 1 amide bonds. The molecule has 2 aromatic rings. The number of aromatic amines is 1. The van der Waals surface area contributed by atoms with E-state index in [1.54, 1.807) is 35.4 Å². The van der Waals surface area contributed by atoms with E-state index in [4.69, 9.17) is 0 Å². The average Bonchev–Trinajstić information content (AvgIpc) is 2.80. The van der Waals surface area contributed by atoms with Gasteiger partial charge in [0.25, 0.3) is 5.91 Å². The number of rotatable bonds is 3. The molecule has 1 N–H and O–H groups in total. The summed E-state index contributed by atoms with van der Waals surface area (Å²) in [5.41, 5.74) is 0.0527. The first-order valence-corrected chi connectivity index (χ1v) is 6.02. The number of carbonyl (C=O) groups is 1. The molecular formula is C12H12N2O2S. The van der Waals surface area contributed by atoms with Crippen LogP contribution < -0.4 is 5.56 Å². The highest BCUT2D eigenvalue weighted by Gasteiger charge is 2.12. The van der Waals surface area contributed by atoms with Crippen LogP contribution in [0.15, 0.2) is 40.5 Å². The van der Waals surface area contributed by atoms with Crippen LogP contribution in [-0.4, -0.2) is 22.8 Å². The first kappa shape index (κ1) is 11.6. The number of nitrogens with one attached hydrogen (secondary N) is 1. The Hall–Kier alpha value is -1.88. The van der Waals surface area contributed by atoms with E-state index in [2.05, 4.69) is 4.98 Å². The van der Waals surface area contributed by atoms with Gasteiger partial charge in [-0.05, 0) is 17.5 Å². The normalized spacial score (nSPS) is 10.2. The van der Waals surface area contributed by atoms with E-state index in [-0.39, 0.29) is 11.5 Å². The molecule has 0 bridgehead atoms. The van der Waals surface area contributed by atoms with Crippen LogP contribution >= 0.6 is 11.3 Å². The molecule has 2 aromatic heterocycles. The molecule has 0 fully saturated rings. The second-order valence-electron chi connectivity index (χ2n) is 3.67. The summed E-state index contributed by atoms with van der Waals surface area (Å²) in [7, 11) is 1.72. The van der Waals surface area contributed by atoms with Gasteiger partial charge in [-0.15, -0.1) is 11.3 Å². The van der Waals surface area contributed by atoms with Crippen molar-refractivity contribution in [1.29, 1.82) is 0 Å². The van der Waals surface area contributed by atoms with Crippen LogP contribution in [0, 0.1) is 0 Å². The molecular weight excluding hydrogens is 236 g/mol. The van der Waals surface area contributed by atoms with Gasteiger partial charge in [-0.1, -0.05) is 12.1 Å². The van der Waals surface area contributed by atoms with Crippen LogP contribution in [-0.2, 0) is 6.54 Å². The molecule has 4 nitrogen and oxygen atoms in total. The second kappa shape index (κ2) is 4.97. The maximum Gasteiger partial charge on any atom is 0.270 e. The molecule has 0 aliphatic heterocycles. The first-order chi connectivity index (χ1) is 8.16. The summed E-state index contributed by atoms with van der Waals surface area (Å²) in [4.78, 5) is 28.3. The lowest BCUT2D eigenvalue weighted by Crippen LogP contribution is -2.28. The first-order valence-electron chi connectivity index (χ1n) is 5.14. The number of nitrogens with zero attached hydrogens (tertiary/aromatic N) is 1. The highest BCUT2D eigenvalue weighted by molar-refractivity contribution is 7.09. The number of aromatic nitrogens is 1. The molecule has 0 saturated heterocycles. The Morgan fingerprint density at radius 3 is 2.82 bits per heavy atom. The predicted octanol–water partition coefficient (Wildman–Crippen LogP) is 1.71. The van der Waals surface area contributed by atoms with Crippen LogP contribution in [0.4, 0.5) is 0 Å². The van der Waals surface area contributed by atoms with Crippen molar-refractivity contribution in [3.05, 3.63) is 56.6 Å². The van der Waals surface area contributed by atoms with E-state index in [1.807, 2.05) is 17.5 Å². The topological polar surface area (TPSA) is 53.2 Å². The third kappa shape index (κ3) is 2.82. The zero-order valence-corrected chi connectivity index (χ0v) is 10.2. The molecule has 0 unspecified atom stereocenters. The van der Waals surface area contributed by atoms with Crippen molar-refractivity contribution in [3.63, 3.8) is 0 Å². The van der Waals surface area contributed by atoms with Crippen molar-refractivity contribution >= 4 is 17.2 Å². The minimum atomic E-state index is -0.264. The third-order valence-corrected chi connectivity index (χ3v) is 3.18. The molecule has 0 saturated carbocycles. The lowest BCUT2D eigenvalue weighted by Gasteiger charge is -2.15. The van der Waals surface area contributed by atoms with Gasteiger partial charge in [-0.2, -0.15) is 0 Å². The number of H-pyrrole nitrogens is 1. The van der Waals surface area contributed by atoms with Crippen molar-refractivity contribution in [3.8, 4) is 0 Å². The Bertz CT molecular complexity index is 560. The molecule has 17 heavy (non-hydrogen) atoms. The molecule has 0 atom stereocenters. The summed E-state index contributed by atoms with van der Waals surface area (Å²) in [6.07, 6.45) is 0. The number of thiophene rings is 1. The van der Waals surface area contributed by atoms with Crippen LogP contribution in [0.5, 0.6) is 0 Å². The molecule has 0 aliphatic rings. The summed E-state index contributed by atoms with van der Waals surface area (Å²) in [5.74, 6) is -0.184. The Balaban J connectivity index is 2.12. The van der Waals surface area contributed by atoms with Gasteiger partial charge in [-0.25, -0.2) is 0 Å². The van der Waals surface area contributed by atoms with Gasteiger partial charge in [0.05, 0.1) is 6.54 Å². The Morgan fingerprint density at radius 1 is 1.35 bits per heavy atom. The molecule has 88 valence electrons. The number of hydrogen-bond acceptors (Lipinski definition) is 3. The van der Waals surface area contributed by atoms with Gasteiger partial charge < -0.3 is 9.88 Å². The van der Waals surface area contributed by atoms with Crippen LogP contribution in [0.25, 0.3) is 0 Å². The zero-order valence-electron chi connectivity index (χ0n) is 9.34. The maximum atomic E-state index is 12.0. The summed E-state index contributed by atoms with van der Waals surface area (Å²) in [6, 6.07) is 8.49. The Kier molecular flexibility index (Phi) is 3.39. The average molecular weight is 248 g/mol. The highest BCUT2D eigenvalue weighted by atomic mass is 32.1. The summed E-state index contributed by atoms with van der Waals surface area (Å²) in [5, 5.41) is 1.97. The minimum Gasteiger partial charge on any atom is -0.335 e. The Morgan fingerprint density at radius 2 is 2.18 bits per heavy atom. The van der Waals surface area contributed by atoms with Crippen LogP contribution in [0.2, 0.25) is 0 Å². The van der Waals surface area contributed by atoms with Crippen molar-refractivity contribution in [2.75, 3.05) is 7.05 Å². The van der Waals surface area contributed by atoms with Crippen molar-refractivity contribution in [1.82, 2.24) is 9.88 Å². The fourth-order valence-corrected chi connectivity index (χ4v) is 2.24. The molecule has 0 aliphatic carbocycles. The lowest BCUT2D eigenvalue weighted by molar-refractivity contribution is 0.0780. The van der Waals surface area contributed by atoms with Gasteiger partial charge in [0.15, 0.2) is 0 Å². The molecule has 2 heterocycles. The van der Waals surface area contributed by atoms with Crippen LogP contribution in [0.3, 0.4) is 0 Å². The fraction of sp³-hybridized carbons (Fsp3) is 0.167. The van der Waals surface area contributed by atoms with Crippen molar-refractivity contribution < 1.29 is 4.79 Å². The fourth-order valence-electron chi connectivity index (χ4n) is 1.49. The number of amides is 1. The molecule has 5 heteroatoms. The number of hydrogen-bond donors (Lipinski definition) is 1. The highest BCUT2D eigenvalue weighted by Crippen LogP contribution is 2.11. The monoisotopic (exact) mass is 248 g/mol. The zero-order chi connectivity index (χ0) is 12.3. The number of pyridine rings is 1. The van der Waals surface area contributed by atoms with Gasteiger partial charge in [-0.3, -0.25) is 9.59 Å². The quantitative estimate of drug-likeness (QED) is 0.899. The van der Waals surface area contributed by atoms with Gasteiger partial charge >= 0.3 is 0 Å². The smallest absolute Gasteiger partial charge is 0.270 e. The SMILES string of the molecule is CN(Cc1cccs1)C(=O)c1cccc(=O)[nH]1.